The van der Waals surface area contributed by atoms with Crippen molar-refractivity contribution in [3.63, 3.8) is 0 Å². The average Bonchev–Trinajstić information content (AvgIpc) is 2.34. The summed E-state index contributed by atoms with van der Waals surface area (Å²) in [4.78, 5) is 0. The summed E-state index contributed by atoms with van der Waals surface area (Å²) < 4.78 is 4.36. The van der Waals surface area contributed by atoms with E-state index >= 15 is 0 Å². The lowest BCUT2D eigenvalue weighted by Crippen LogP contribution is -1.73. The number of hydrogen-bond acceptors (Lipinski definition) is 2. The lowest BCUT2D eigenvalue weighted by molar-refractivity contribution is 0.376. The molecule has 0 atom stereocenters. The highest BCUT2D eigenvalue weighted by molar-refractivity contribution is 4.88. The molecule has 0 saturated heterocycles. The van der Waals surface area contributed by atoms with Crippen LogP contribution in [0.4, 0.5) is 0 Å². The minimum Gasteiger partial charge on any atom is -0.393 e. The predicted octanol–water partition coefficient (Wildman–Crippen LogP) is 4.82. The molecule has 0 radical (unpaired) electrons. The second kappa shape index (κ2) is 39.1. The highest BCUT2D eigenvalue weighted by Crippen LogP contribution is 1.89. The van der Waals surface area contributed by atoms with Crippen LogP contribution in [0.2, 0.25) is 0 Å². The van der Waals surface area contributed by atoms with E-state index in [9.17, 15) is 0 Å². The van der Waals surface area contributed by atoms with Crippen LogP contribution in [0.25, 0.3) is 0 Å². The van der Waals surface area contributed by atoms with Crippen molar-refractivity contribution in [1.29, 1.82) is 5.26 Å². The molecular weight excluding hydrogens is 186 g/mol. The van der Waals surface area contributed by atoms with E-state index in [-0.39, 0.29) is 0 Å². The molecule has 2 heteroatoms. The molecule has 0 aliphatic heterocycles. The topological polar surface area (TPSA) is 33.0 Å². The van der Waals surface area contributed by atoms with Crippen molar-refractivity contribution >= 4 is 0 Å². The monoisotopic (exact) mass is 211 g/mol. The molecule has 0 spiro atoms. The van der Waals surface area contributed by atoms with Crippen LogP contribution < -0.4 is 0 Å². The Morgan fingerprint density at radius 2 is 1.47 bits per heavy atom. The van der Waals surface area contributed by atoms with Crippen LogP contribution in [0.15, 0.2) is 37.1 Å². The molecule has 0 heterocycles. The number of nitrogens with zero attached hydrogens (tertiary/aromatic N) is 1. The van der Waals surface area contributed by atoms with Crippen molar-refractivity contribution in [2.45, 2.75) is 41.5 Å². The molecule has 0 aromatic heterocycles. The van der Waals surface area contributed by atoms with E-state index in [1.54, 1.807) is 31.4 Å². The number of rotatable bonds is 2. The second-order valence-corrected chi connectivity index (χ2v) is 1.56. The van der Waals surface area contributed by atoms with Crippen LogP contribution in [0.5, 0.6) is 0 Å². The van der Waals surface area contributed by atoms with Crippen LogP contribution in [-0.2, 0) is 4.74 Å². The van der Waals surface area contributed by atoms with Crippen molar-refractivity contribution in [3.05, 3.63) is 37.1 Å². The van der Waals surface area contributed by atoms with E-state index < -0.39 is 0 Å². The van der Waals surface area contributed by atoms with E-state index in [1.165, 1.54) is 0 Å². The largest absolute Gasteiger partial charge is 0.393 e. The summed E-state index contributed by atoms with van der Waals surface area (Å²) in [5, 5.41) is 7.85. The SMILES string of the molecule is C/C=C(\C)OC#N.C=CC=C.CC.CC. The first-order chi connectivity index (χ1) is 7.22. The minimum atomic E-state index is 0.641. The second-order valence-electron chi connectivity index (χ2n) is 1.56. The summed E-state index contributed by atoms with van der Waals surface area (Å²) in [7, 11) is 0. The van der Waals surface area contributed by atoms with E-state index in [0.29, 0.717) is 5.76 Å². The molecule has 88 valence electrons. The number of ether oxygens (including phenoxy) is 1. The zero-order valence-corrected chi connectivity index (χ0v) is 11.0. The molecule has 0 saturated carbocycles. The third-order valence-corrected chi connectivity index (χ3v) is 0.780. The Kier molecular flexibility index (Phi) is 60.9. The minimum absolute atomic E-state index is 0.641. The van der Waals surface area contributed by atoms with Gasteiger partial charge in [-0.25, -0.2) is 0 Å². The van der Waals surface area contributed by atoms with Crippen LogP contribution >= 0.6 is 0 Å². The summed E-state index contributed by atoms with van der Waals surface area (Å²) in [6, 6.07) is 0. The van der Waals surface area contributed by atoms with Gasteiger partial charge in [0.2, 0.25) is 0 Å². The van der Waals surface area contributed by atoms with Gasteiger partial charge in [-0.1, -0.05) is 53.0 Å². The molecule has 0 N–H and O–H groups in total. The van der Waals surface area contributed by atoms with Gasteiger partial charge >= 0.3 is 0 Å². The molecule has 0 fully saturated rings. The van der Waals surface area contributed by atoms with Crippen LogP contribution in [-0.4, -0.2) is 0 Å². The summed E-state index contributed by atoms with van der Waals surface area (Å²) in [5.41, 5.74) is 0. The molecule has 0 rings (SSSR count). The summed E-state index contributed by atoms with van der Waals surface area (Å²) in [6.45, 7) is 18.3. The molecule has 0 amide bonds. The number of nitriles is 1. The van der Waals surface area contributed by atoms with E-state index in [4.69, 9.17) is 5.26 Å². The Balaban J connectivity index is -0.0000000647. The fraction of sp³-hybridized carbons (Fsp3) is 0.462. The lowest BCUT2D eigenvalue weighted by Gasteiger charge is -1.86. The molecule has 0 unspecified atom stereocenters. The standard InChI is InChI=1S/C5H7NO.C4H6.2C2H6/c1-3-5(2)7-4-6;1-3-4-2;2*1-2/h3H,1-2H3;3-4H,1-2H2;2*1-2H3/b5-3+;;;. The molecular formula is C13H25NO. The quantitative estimate of drug-likeness (QED) is 0.373. The van der Waals surface area contributed by atoms with Crippen LogP contribution in [0, 0.1) is 11.5 Å². The van der Waals surface area contributed by atoms with Gasteiger partial charge in [0.1, 0.15) is 5.76 Å². The van der Waals surface area contributed by atoms with Gasteiger partial charge in [0, 0.05) is 0 Å². The van der Waals surface area contributed by atoms with E-state index in [1.807, 2.05) is 34.6 Å². The van der Waals surface area contributed by atoms with Crippen LogP contribution in [0.1, 0.15) is 41.5 Å². The first-order valence-electron chi connectivity index (χ1n) is 5.15. The average molecular weight is 211 g/mol. The molecule has 0 bridgehead atoms. The summed E-state index contributed by atoms with van der Waals surface area (Å²) >= 11 is 0. The fourth-order valence-corrected chi connectivity index (χ4v) is 0.131. The van der Waals surface area contributed by atoms with Gasteiger partial charge in [-0.15, -0.1) is 5.26 Å². The zero-order chi connectivity index (χ0) is 13.1. The maximum atomic E-state index is 7.85. The van der Waals surface area contributed by atoms with Gasteiger partial charge in [-0.2, -0.15) is 0 Å². The third-order valence-electron chi connectivity index (χ3n) is 0.780. The maximum Gasteiger partial charge on any atom is 0.291 e. The molecule has 0 aliphatic carbocycles. The van der Waals surface area contributed by atoms with E-state index in [2.05, 4.69) is 17.9 Å². The number of hydrogen-bond donors (Lipinski definition) is 0. The van der Waals surface area contributed by atoms with Crippen molar-refractivity contribution in [3.8, 4) is 6.26 Å². The number of allylic oxidation sites excluding steroid dienone is 4. The third kappa shape index (κ3) is 67.9. The van der Waals surface area contributed by atoms with Gasteiger partial charge < -0.3 is 4.74 Å². The van der Waals surface area contributed by atoms with Gasteiger partial charge in [-0.3, -0.25) is 0 Å². The van der Waals surface area contributed by atoms with Crippen molar-refractivity contribution in [2.24, 2.45) is 0 Å². The first kappa shape index (κ1) is 23.4. The molecule has 2 nitrogen and oxygen atoms in total. The van der Waals surface area contributed by atoms with Crippen molar-refractivity contribution < 1.29 is 4.74 Å². The van der Waals surface area contributed by atoms with Gasteiger partial charge in [0.15, 0.2) is 0 Å². The molecule has 0 aromatic rings. The normalized spacial score (nSPS) is 6.87. The predicted molar refractivity (Wildman–Crippen MR) is 69.2 cm³/mol. The lowest BCUT2D eigenvalue weighted by atomic mass is 10.5. The Bertz CT molecular complexity index is 169. The van der Waals surface area contributed by atoms with Gasteiger partial charge in [0.25, 0.3) is 6.26 Å². The molecule has 0 aromatic carbocycles. The summed E-state index contributed by atoms with van der Waals surface area (Å²) in [5.74, 6) is 0.641. The Morgan fingerprint density at radius 3 is 1.53 bits per heavy atom. The van der Waals surface area contributed by atoms with Crippen molar-refractivity contribution in [1.82, 2.24) is 0 Å². The van der Waals surface area contributed by atoms with Gasteiger partial charge in [0.05, 0.1) is 0 Å². The molecule has 15 heavy (non-hydrogen) atoms. The first-order valence-corrected chi connectivity index (χ1v) is 5.15. The van der Waals surface area contributed by atoms with Crippen molar-refractivity contribution in [2.75, 3.05) is 0 Å². The fourth-order valence-electron chi connectivity index (χ4n) is 0.131. The smallest absolute Gasteiger partial charge is 0.291 e. The Labute approximate surface area is 95.6 Å². The Morgan fingerprint density at radius 1 is 1.13 bits per heavy atom. The van der Waals surface area contributed by atoms with Gasteiger partial charge in [-0.05, 0) is 19.9 Å². The molecule has 0 aliphatic rings. The maximum absolute atomic E-state index is 7.85. The van der Waals surface area contributed by atoms with E-state index in [0.717, 1.165) is 0 Å². The zero-order valence-electron chi connectivity index (χ0n) is 11.0. The summed E-state index contributed by atoms with van der Waals surface area (Å²) in [6.07, 6.45) is 6.55. The highest BCUT2D eigenvalue weighted by Gasteiger charge is 1.78. The highest BCUT2D eigenvalue weighted by atomic mass is 16.5. The Hall–Kier alpha value is -1.49. The van der Waals surface area contributed by atoms with Crippen LogP contribution in [0.3, 0.4) is 0 Å².